The zero-order valence-electron chi connectivity index (χ0n) is 36.3. The number of ether oxygens (including phenoxy) is 7. The lowest BCUT2D eigenvalue weighted by atomic mass is 9.42. The van der Waals surface area contributed by atoms with Gasteiger partial charge in [-0.1, -0.05) is 0 Å². The van der Waals surface area contributed by atoms with Crippen LogP contribution in [0.1, 0.15) is 122 Å². The molecule has 3 N–H and O–H groups in total. The number of carbonyl (C=O) groups is 4. The number of nitrogens with zero attached hydrogens (tertiary/aromatic N) is 3. The Morgan fingerprint density at radius 2 is 1.28 bits per heavy atom. The van der Waals surface area contributed by atoms with Gasteiger partial charge >= 0.3 is 30.4 Å². The van der Waals surface area contributed by atoms with Crippen LogP contribution in [-0.2, 0) is 33.2 Å². The molecule has 0 aromatic carbocycles. The second-order valence-electron chi connectivity index (χ2n) is 20.0. The largest absolute Gasteiger partial charge is 0.458 e. The van der Waals surface area contributed by atoms with Crippen LogP contribution in [-0.4, -0.2) is 120 Å². The normalized spacial score (nSPS) is 32.5. The summed E-state index contributed by atoms with van der Waals surface area (Å²) in [5.41, 5.74) is -4.46. The summed E-state index contributed by atoms with van der Waals surface area (Å²) in [5, 5.41) is 7.83. The molecule has 2 saturated heterocycles. The molecule has 17 heteroatoms. The number of aliphatic imine (C=N–C) groups is 2. The highest BCUT2D eigenvalue weighted by molar-refractivity contribution is 6.01. The molecule has 2 bridgehead atoms. The smallest absolute Gasteiger partial charge is 0.438 e. The molecule has 17 nitrogen and oxygen atoms in total. The van der Waals surface area contributed by atoms with Gasteiger partial charge in [-0.25, -0.2) is 29.5 Å². The number of likely N-dealkylation sites (N-methyl/N-ethyl adjacent to an activating group) is 1. The van der Waals surface area contributed by atoms with Crippen molar-refractivity contribution in [3.63, 3.8) is 0 Å². The molecule has 57 heavy (non-hydrogen) atoms. The quantitative estimate of drug-likeness (QED) is 0.171. The average molecular weight is 807 g/mol. The first kappa shape index (κ1) is 44.4. The Bertz CT molecular complexity index is 1580. The first-order valence-corrected chi connectivity index (χ1v) is 20.1. The van der Waals surface area contributed by atoms with Crippen LogP contribution in [0.3, 0.4) is 0 Å². The molecule has 0 radical (unpaired) electrons. The molecule has 0 aromatic heterocycles. The lowest BCUT2D eigenvalue weighted by molar-refractivity contribution is -0.267. The molecule has 2 heterocycles. The van der Waals surface area contributed by atoms with E-state index in [1.54, 1.807) is 90.2 Å². The Balaban J connectivity index is 1.55. The van der Waals surface area contributed by atoms with E-state index in [2.05, 4.69) is 32.9 Å². The van der Waals surface area contributed by atoms with Crippen molar-refractivity contribution in [2.75, 3.05) is 20.7 Å². The third kappa shape index (κ3) is 9.95. The fourth-order valence-electron chi connectivity index (χ4n) is 9.82. The van der Waals surface area contributed by atoms with E-state index in [0.717, 1.165) is 25.8 Å². The van der Waals surface area contributed by atoms with Crippen molar-refractivity contribution in [1.29, 1.82) is 0 Å². The van der Waals surface area contributed by atoms with Gasteiger partial charge in [0.05, 0.1) is 23.9 Å². The number of hydrogen-bond donors (Lipinski definition) is 3. The number of methoxy groups -OCH3 is 1. The standard InChI is InChI=1S/C40H66N6O11/c1-35(2,3)54-31(47)42-29(43-32(48)55-36(4,5)6)41-23-17-18-40(51-14)25-21-22-15-16-24(27-26(22)39(40,28(23)53-27)19-20-46(25)13)52-30(44-33(49)56-37(7,8)9)45-34(50)57-38(10,11)12/h22-28H,15-21H2,1-14H3,(H,44,45,49,50)(H2,41,42,43,47,48)/t22?,23-,24?,25?,26?,27?,28+,39+,40-/m1/s1. The molecular weight excluding hydrogens is 740 g/mol. The van der Waals surface area contributed by atoms with Crippen LogP contribution in [0.4, 0.5) is 19.2 Å². The third-order valence-corrected chi connectivity index (χ3v) is 11.2. The SMILES string of the molecule is CO[C@]12CC[C@@H](N=C(NC(=O)OC(C)(C)C)NC(=O)OC(C)(C)C)[C@@H]3OC4C(OC(=NC(=O)OC(C)(C)C)NC(=O)OC(C)(C)C)CCC5CC1N(C)CC[C@]32C54. The first-order valence-electron chi connectivity index (χ1n) is 20.1. The zero-order chi connectivity index (χ0) is 42.5. The van der Waals surface area contributed by atoms with Gasteiger partial charge in [0.2, 0.25) is 5.96 Å². The van der Waals surface area contributed by atoms with Crippen LogP contribution in [0, 0.1) is 17.3 Å². The van der Waals surface area contributed by atoms with Crippen molar-refractivity contribution >= 4 is 36.4 Å². The summed E-state index contributed by atoms with van der Waals surface area (Å²) in [5.74, 6) is 0.0544. The minimum Gasteiger partial charge on any atom is -0.458 e. The summed E-state index contributed by atoms with van der Waals surface area (Å²) in [6.45, 7) is 21.6. The maximum atomic E-state index is 13.1. The molecule has 2 aliphatic heterocycles. The van der Waals surface area contributed by atoms with E-state index in [1.807, 2.05) is 0 Å². The molecule has 1 spiro atoms. The molecule has 3 aliphatic carbocycles. The number of likely N-dealkylation sites (tertiary alicyclic amines) is 1. The maximum absolute atomic E-state index is 13.1. The number of hydrogen-bond acceptors (Lipinski definition) is 13. The van der Waals surface area contributed by atoms with Gasteiger partial charge in [0.15, 0.2) is 0 Å². The maximum Gasteiger partial charge on any atom is 0.438 e. The van der Waals surface area contributed by atoms with Gasteiger partial charge in [0.25, 0.3) is 0 Å². The average Bonchev–Trinajstić information content (AvgIpc) is 3.36. The number of piperidine rings is 1. The summed E-state index contributed by atoms with van der Waals surface area (Å²) in [4.78, 5) is 63.7. The number of amides is 4. The summed E-state index contributed by atoms with van der Waals surface area (Å²) in [7, 11) is 3.92. The Morgan fingerprint density at radius 3 is 1.81 bits per heavy atom. The molecule has 5 unspecified atom stereocenters. The molecule has 5 fully saturated rings. The van der Waals surface area contributed by atoms with Gasteiger partial charge in [0, 0.05) is 24.5 Å². The monoisotopic (exact) mass is 806 g/mol. The van der Waals surface area contributed by atoms with Crippen LogP contribution in [0.25, 0.3) is 0 Å². The molecule has 5 rings (SSSR count). The Kier molecular flexibility index (Phi) is 12.3. The molecule has 4 amide bonds. The van der Waals surface area contributed by atoms with E-state index in [1.165, 1.54) is 0 Å². The van der Waals surface area contributed by atoms with E-state index in [9.17, 15) is 19.2 Å². The van der Waals surface area contributed by atoms with Crippen molar-refractivity contribution in [2.45, 2.75) is 180 Å². The number of guanidine groups is 1. The highest BCUT2D eigenvalue weighted by atomic mass is 16.6. The highest BCUT2D eigenvalue weighted by Crippen LogP contribution is 2.71. The van der Waals surface area contributed by atoms with Crippen LogP contribution in [0.15, 0.2) is 9.98 Å². The number of carbonyl (C=O) groups excluding carboxylic acids is 4. The predicted octanol–water partition coefficient (Wildman–Crippen LogP) is 6.03. The minimum absolute atomic E-state index is 0.0606. The second kappa shape index (κ2) is 15.8. The van der Waals surface area contributed by atoms with Gasteiger partial charge in [-0.3, -0.25) is 10.6 Å². The Labute approximate surface area is 337 Å². The molecule has 322 valence electrons. The fraction of sp³-hybridized carbons (Fsp3) is 0.850. The zero-order valence-corrected chi connectivity index (χ0v) is 36.3. The Morgan fingerprint density at radius 1 is 0.737 bits per heavy atom. The van der Waals surface area contributed by atoms with Gasteiger partial charge < -0.3 is 38.1 Å². The number of alkyl carbamates (subject to hydrolysis) is 3. The van der Waals surface area contributed by atoms with E-state index in [0.29, 0.717) is 19.3 Å². The number of nitrogens with one attached hydrogen (secondary N) is 3. The molecule has 3 saturated carbocycles. The highest BCUT2D eigenvalue weighted by Gasteiger charge is 2.78. The molecule has 9 atom stereocenters. The number of rotatable bonds is 3. The van der Waals surface area contributed by atoms with Gasteiger partial charge in [-0.05, 0) is 141 Å². The number of amidine groups is 1. The van der Waals surface area contributed by atoms with E-state index in [-0.39, 0.29) is 29.9 Å². The third-order valence-electron chi connectivity index (χ3n) is 11.2. The minimum atomic E-state index is -0.937. The summed E-state index contributed by atoms with van der Waals surface area (Å²) >= 11 is 0. The molecule has 0 aromatic rings. The molecular formula is C40H66N6O11. The van der Waals surface area contributed by atoms with Crippen LogP contribution < -0.4 is 16.0 Å². The summed E-state index contributed by atoms with van der Waals surface area (Å²) in [6.07, 6.45) is -0.936. The van der Waals surface area contributed by atoms with Crippen molar-refractivity contribution < 1.29 is 52.3 Å². The van der Waals surface area contributed by atoms with Gasteiger partial charge in [-0.2, -0.15) is 0 Å². The predicted molar refractivity (Wildman–Crippen MR) is 210 cm³/mol. The lowest BCUT2D eigenvalue weighted by Gasteiger charge is -2.69. The lowest BCUT2D eigenvalue weighted by Crippen LogP contribution is -2.77. The van der Waals surface area contributed by atoms with Crippen molar-refractivity contribution in [1.82, 2.24) is 20.9 Å². The van der Waals surface area contributed by atoms with Gasteiger partial charge in [0.1, 0.15) is 28.5 Å². The Hall–Kier alpha value is -3.70. The second-order valence-corrected chi connectivity index (χ2v) is 20.0. The summed E-state index contributed by atoms with van der Waals surface area (Å²) in [6, 6.07) is -0.785. The van der Waals surface area contributed by atoms with E-state index < -0.39 is 82.1 Å². The summed E-state index contributed by atoms with van der Waals surface area (Å²) < 4.78 is 42.4. The van der Waals surface area contributed by atoms with Gasteiger partial charge in [-0.15, -0.1) is 4.99 Å². The van der Waals surface area contributed by atoms with E-state index >= 15 is 0 Å². The fourth-order valence-corrected chi connectivity index (χ4v) is 9.82. The topological polar surface area (TPSA) is 197 Å². The van der Waals surface area contributed by atoms with Crippen LogP contribution in [0.2, 0.25) is 0 Å². The first-order chi connectivity index (χ1) is 26.1. The molecule has 5 aliphatic rings. The van der Waals surface area contributed by atoms with Crippen LogP contribution >= 0.6 is 0 Å². The van der Waals surface area contributed by atoms with Crippen LogP contribution in [0.5, 0.6) is 0 Å². The van der Waals surface area contributed by atoms with Crippen molar-refractivity contribution in [3.05, 3.63) is 0 Å². The van der Waals surface area contributed by atoms with Crippen molar-refractivity contribution in [3.8, 4) is 0 Å². The van der Waals surface area contributed by atoms with Crippen molar-refractivity contribution in [2.24, 2.45) is 27.2 Å². The van der Waals surface area contributed by atoms with E-state index in [4.69, 9.17) is 38.2 Å².